The highest BCUT2D eigenvalue weighted by molar-refractivity contribution is 7.90. The van der Waals surface area contributed by atoms with Crippen molar-refractivity contribution in [3.63, 3.8) is 0 Å². The number of halogens is 4. The van der Waals surface area contributed by atoms with Gasteiger partial charge < -0.3 is 26.6 Å². The Morgan fingerprint density at radius 2 is 1.67 bits per heavy atom. The van der Waals surface area contributed by atoms with Gasteiger partial charge in [0.05, 0.1) is 29.4 Å². The number of amides is 1. The summed E-state index contributed by atoms with van der Waals surface area (Å²) in [6.45, 7) is 0.883. The first-order valence-electron chi connectivity index (χ1n) is 14.2. The van der Waals surface area contributed by atoms with E-state index in [-0.39, 0.29) is 42.7 Å². The molecule has 0 spiro atoms. The van der Waals surface area contributed by atoms with Gasteiger partial charge in [-0.15, -0.1) is 0 Å². The van der Waals surface area contributed by atoms with Gasteiger partial charge in [-0.1, -0.05) is 12.1 Å². The van der Waals surface area contributed by atoms with Gasteiger partial charge in [-0.2, -0.15) is 0 Å². The smallest absolute Gasteiger partial charge is 0.242 e. The second-order valence-corrected chi connectivity index (χ2v) is 13.3. The zero-order valence-corrected chi connectivity index (χ0v) is 25.1. The first kappa shape index (κ1) is 34.4. The molecule has 1 aromatic heterocycles. The summed E-state index contributed by atoms with van der Waals surface area (Å²) < 4.78 is 84.9. The standard InChI is InChI=1S/C30H35F4N5O5S/c1-30(41,42)16-37-13-22(39-45(43,44)23-7-8-23)6-9-24-25(34)14-36-15-26(24)38-29(40)28(35)27(17-2-4-19(31)5-3-17)18-10-20(32)12-21(33)11-18/h2-5,10-12,14-15,22-23,27-28,37,39,41-42H,6-9,13,16,35H2,1H3,(H,38,40)/t22-,27-,28-/m0/s1. The third-order valence-corrected chi connectivity index (χ3v) is 9.30. The molecule has 0 aliphatic heterocycles. The van der Waals surface area contributed by atoms with Crippen molar-refractivity contribution in [2.45, 2.75) is 61.6 Å². The largest absolute Gasteiger partial charge is 0.365 e. The van der Waals surface area contributed by atoms with E-state index < -0.39 is 68.2 Å². The van der Waals surface area contributed by atoms with Crippen LogP contribution in [-0.2, 0) is 21.2 Å². The SMILES string of the molecule is CC(O)(O)CNC[C@H](CCc1c(F)cncc1NC(=O)[C@@H](N)[C@@H](c1ccc(F)cc1)c1cc(F)cc(F)c1)NS(=O)(=O)C1CC1. The van der Waals surface area contributed by atoms with Crippen LogP contribution in [0.5, 0.6) is 0 Å². The van der Waals surface area contributed by atoms with Crippen LogP contribution < -0.4 is 21.1 Å². The van der Waals surface area contributed by atoms with Crippen LogP contribution in [0.15, 0.2) is 54.9 Å². The predicted octanol–water partition coefficient (Wildman–Crippen LogP) is 2.41. The Bertz CT molecular complexity index is 1580. The molecule has 1 amide bonds. The van der Waals surface area contributed by atoms with Gasteiger partial charge in [-0.25, -0.2) is 30.7 Å². The molecule has 15 heteroatoms. The van der Waals surface area contributed by atoms with Gasteiger partial charge in [0.25, 0.3) is 0 Å². The summed E-state index contributed by atoms with van der Waals surface area (Å²) in [5.74, 6) is -7.23. The Kier molecular flexibility index (Phi) is 10.9. The summed E-state index contributed by atoms with van der Waals surface area (Å²) in [4.78, 5) is 17.2. The number of carbonyl (C=O) groups is 1. The fraction of sp³-hybridized carbons (Fsp3) is 0.400. The molecule has 0 unspecified atom stereocenters. The summed E-state index contributed by atoms with van der Waals surface area (Å²) in [6.07, 6.45) is 3.09. The summed E-state index contributed by atoms with van der Waals surface area (Å²) in [5.41, 5.74) is 6.56. The highest BCUT2D eigenvalue weighted by Gasteiger charge is 2.37. The lowest BCUT2D eigenvalue weighted by molar-refractivity contribution is -0.140. The maximum atomic E-state index is 15.1. The van der Waals surface area contributed by atoms with E-state index in [1.54, 1.807) is 0 Å². The molecule has 1 aliphatic rings. The van der Waals surface area contributed by atoms with E-state index >= 15 is 4.39 Å². The maximum Gasteiger partial charge on any atom is 0.242 e. The van der Waals surface area contributed by atoms with Crippen molar-refractivity contribution in [3.8, 4) is 0 Å². The molecular weight excluding hydrogens is 618 g/mol. The Morgan fingerprint density at radius 1 is 1.02 bits per heavy atom. The van der Waals surface area contributed by atoms with Crippen LogP contribution in [0.3, 0.4) is 0 Å². The first-order chi connectivity index (χ1) is 21.1. The fourth-order valence-corrected chi connectivity index (χ4v) is 6.55. The minimum Gasteiger partial charge on any atom is -0.365 e. The van der Waals surface area contributed by atoms with Crippen molar-refractivity contribution >= 4 is 21.6 Å². The summed E-state index contributed by atoms with van der Waals surface area (Å²) in [5, 5.41) is 23.9. The van der Waals surface area contributed by atoms with Gasteiger partial charge in [-0.05, 0) is 68.0 Å². The predicted molar refractivity (Wildman–Crippen MR) is 158 cm³/mol. The van der Waals surface area contributed by atoms with E-state index in [1.807, 2.05) is 0 Å². The zero-order valence-electron chi connectivity index (χ0n) is 24.3. The molecule has 0 bridgehead atoms. The van der Waals surface area contributed by atoms with E-state index in [0.717, 1.165) is 37.4 Å². The monoisotopic (exact) mass is 653 g/mol. The molecule has 7 N–H and O–H groups in total. The number of aromatic nitrogens is 1. The van der Waals surface area contributed by atoms with Gasteiger partial charge in [0.15, 0.2) is 5.79 Å². The van der Waals surface area contributed by atoms with Crippen LogP contribution in [0.2, 0.25) is 0 Å². The number of hydrogen-bond donors (Lipinski definition) is 6. The molecule has 1 saturated carbocycles. The summed E-state index contributed by atoms with van der Waals surface area (Å²) >= 11 is 0. The maximum absolute atomic E-state index is 15.1. The summed E-state index contributed by atoms with van der Waals surface area (Å²) in [6, 6.07) is 5.29. The number of nitrogens with one attached hydrogen (secondary N) is 3. The number of nitrogens with two attached hydrogens (primary N) is 1. The summed E-state index contributed by atoms with van der Waals surface area (Å²) in [7, 11) is -3.66. The fourth-order valence-electron chi connectivity index (χ4n) is 4.93. The van der Waals surface area contributed by atoms with Crippen molar-refractivity contribution < 1.29 is 41.0 Å². The van der Waals surface area contributed by atoms with Gasteiger partial charge in [0.1, 0.15) is 23.3 Å². The molecule has 1 aliphatic carbocycles. The van der Waals surface area contributed by atoms with Gasteiger partial charge in [0.2, 0.25) is 15.9 Å². The average molecular weight is 654 g/mol. The minimum absolute atomic E-state index is 0.00846. The molecule has 3 aromatic rings. The zero-order chi connectivity index (χ0) is 32.9. The lowest BCUT2D eigenvalue weighted by Crippen LogP contribution is -2.47. The molecule has 4 rings (SSSR count). The van der Waals surface area contributed by atoms with Crippen LogP contribution in [0.25, 0.3) is 0 Å². The molecule has 45 heavy (non-hydrogen) atoms. The third-order valence-electron chi connectivity index (χ3n) is 7.29. The minimum atomic E-state index is -3.66. The average Bonchev–Trinajstić information content (AvgIpc) is 3.79. The third kappa shape index (κ3) is 9.76. The second kappa shape index (κ2) is 14.3. The number of nitrogens with zero attached hydrogens (tertiary/aromatic N) is 1. The lowest BCUT2D eigenvalue weighted by atomic mass is 9.84. The number of rotatable bonds is 15. The lowest BCUT2D eigenvalue weighted by Gasteiger charge is -2.25. The normalized spacial score (nSPS) is 15.8. The van der Waals surface area contributed by atoms with E-state index in [2.05, 4.69) is 20.3 Å². The van der Waals surface area contributed by atoms with E-state index in [9.17, 15) is 36.6 Å². The number of carbonyl (C=O) groups excluding carboxylic acids is 1. The molecule has 1 heterocycles. The van der Waals surface area contributed by atoms with Gasteiger partial charge in [0, 0.05) is 36.7 Å². The highest BCUT2D eigenvalue weighted by atomic mass is 32.2. The van der Waals surface area contributed by atoms with Crippen molar-refractivity contribution in [2.75, 3.05) is 18.4 Å². The molecule has 0 saturated heterocycles. The quantitative estimate of drug-likeness (QED) is 0.108. The van der Waals surface area contributed by atoms with Crippen LogP contribution in [-0.4, -0.2) is 65.7 Å². The number of aliphatic hydroxyl groups is 2. The first-order valence-corrected chi connectivity index (χ1v) is 15.7. The van der Waals surface area contributed by atoms with Crippen LogP contribution in [0, 0.1) is 23.3 Å². The number of anilines is 1. The number of hydrogen-bond acceptors (Lipinski definition) is 8. The van der Waals surface area contributed by atoms with Crippen LogP contribution in [0.1, 0.15) is 48.8 Å². The molecule has 10 nitrogen and oxygen atoms in total. The molecule has 0 radical (unpaired) electrons. The second-order valence-electron chi connectivity index (χ2n) is 11.3. The van der Waals surface area contributed by atoms with Crippen molar-refractivity contribution in [3.05, 3.63) is 94.8 Å². The number of pyridine rings is 1. The van der Waals surface area contributed by atoms with Crippen LogP contribution in [0.4, 0.5) is 23.2 Å². The van der Waals surface area contributed by atoms with E-state index in [4.69, 9.17) is 5.73 Å². The Balaban J connectivity index is 1.55. The van der Waals surface area contributed by atoms with Crippen molar-refractivity contribution in [2.24, 2.45) is 5.73 Å². The Labute approximate surface area is 258 Å². The molecule has 244 valence electrons. The van der Waals surface area contributed by atoms with Crippen molar-refractivity contribution in [1.29, 1.82) is 0 Å². The van der Waals surface area contributed by atoms with Gasteiger partial charge >= 0.3 is 0 Å². The molecule has 3 atom stereocenters. The van der Waals surface area contributed by atoms with E-state index in [1.165, 1.54) is 18.3 Å². The molecule has 2 aromatic carbocycles. The molecular formula is C30H35F4N5O5S. The highest BCUT2D eigenvalue weighted by Crippen LogP contribution is 2.31. The topological polar surface area (TPSA) is 167 Å². The van der Waals surface area contributed by atoms with Gasteiger partial charge in [-0.3, -0.25) is 9.78 Å². The molecule has 1 fully saturated rings. The van der Waals surface area contributed by atoms with E-state index in [0.29, 0.717) is 24.5 Å². The van der Waals surface area contributed by atoms with Crippen LogP contribution >= 0.6 is 0 Å². The number of benzene rings is 2. The Morgan fingerprint density at radius 3 is 2.27 bits per heavy atom. The van der Waals surface area contributed by atoms with Crippen molar-refractivity contribution in [1.82, 2.24) is 15.0 Å². The number of sulfonamides is 1. The Hall–Kier alpha value is -3.47.